The Morgan fingerprint density at radius 3 is 2.50 bits per heavy atom. The van der Waals surface area contributed by atoms with Gasteiger partial charge in [-0.2, -0.15) is 0 Å². The number of benzene rings is 1. The number of ether oxygens (including phenoxy) is 1. The number of aliphatic imine (C=N–C) groups is 1. The Kier molecular flexibility index (Phi) is 10.4. The van der Waals surface area contributed by atoms with Gasteiger partial charge >= 0.3 is 6.36 Å². The van der Waals surface area contributed by atoms with E-state index in [2.05, 4.69) is 33.8 Å². The predicted octanol–water partition coefficient (Wildman–Crippen LogP) is 4.69. The van der Waals surface area contributed by atoms with Gasteiger partial charge in [-0.15, -0.1) is 37.1 Å². The molecule has 2 unspecified atom stereocenters. The number of nitrogens with two attached hydrogens (primary N) is 1. The zero-order valence-corrected chi connectivity index (χ0v) is 18.7. The highest BCUT2D eigenvalue weighted by molar-refractivity contribution is 14.0. The van der Waals surface area contributed by atoms with Crippen LogP contribution in [0.3, 0.4) is 0 Å². The van der Waals surface area contributed by atoms with E-state index in [1.807, 2.05) is 0 Å². The van der Waals surface area contributed by atoms with Gasteiger partial charge in [-0.05, 0) is 49.8 Å². The molecule has 0 radical (unpaired) electrons. The third-order valence-corrected chi connectivity index (χ3v) is 4.48. The number of halogens is 4. The van der Waals surface area contributed by atoms with Crippen molar-refractivity contribution in [1.29, 1.82) is 0 Å². The molecular formula is C19H30F3IN4O. The molecule has 2 atom stereocenters. The van der Waals surface area contributed by atoms with Crippen LogP contribution in [0.2, 0.25) is 0 Å². The zero-order valence-electron chi connectivity index (χ0n) is 16.3. The number of rotatable bonds is 7. The average Bonchev–Trinajstić information content (AvgIpc) is 2.54. The highest BCUT2D eigenvalue weighted by atomic mass is 127. The van der Waals surface area contributed by atoms with Gasteiger partial charge in [-0.3, -0.25) is 4.99 Å². The molecule has 9 heteroatoms. The molecule has 1 fully saturated rings. The van der Waals surface area contributed by atoms with Crippen molar-refractivity contribution in [3.63, 3.8) is 0 Å². The molecule has 1 aromatic carbocycles. The van der Waals surface area contributed by atoms with E-state index in [1.54, 1.807) is 6.07 Å². The maximum Gasteiger partial charge on any atom is 0.573 e. The van der Waals surface area contributed by atoms with Crippen molar-refractivity contribution in [3.8, 4) is 5.75 Å². The Morgan fingerprint density at radius 2 is 1.86 bits per heavy atom. The number of alkyl halides is 3. The van der Waals surface area contributed by atoms with Crippen LogP contribution in [0.4, 0.5) is 18.9 Å². The summed E-state index contributed by atoms with van der Waals surface area (Å²) in [5, 5.41) is 2.68. The summed E-state index contributed by atoms with van der Waals surface area (Å²) in [7, 11) is 0. The number of para-hydroxylation sites is 2. The van der Waals surface area contributed by atoms with Crippen LogP contribution >= 0.6 is 24.0 Å². The molecule has 0 aliphatic carbocycles. The molecule has 0 spiro atoms. The number of anilines is 1. The van der Waals surface area contributed by atoms with Gasteiger partial charge in [0.1, 0.15) is 0 Å². The summed E-state index contributed by atoms with van der Waals surface area (Å²) < 4.78 is 41.3. The molecule has 3 N–H and O–H groups in total. The van der Waals surface area contributed by atoms with Crippen LogP contribution in [-0.4, -0.2) is 43.4 Å². The van der Waals surface area contributed by atoms with Gasteiger partial charge in [0.25, 0.3) is 0 Å². The van der Waals surface area contributed by atoms with Crippen LogP contribution in [0, 0.1) is 11.8 Å². The van der Waals surface area contributed by atoms with E-state index in [0.717, 1.165) is 44.3 Å². The second-order valence-corrected chi connectivity index (χ2v) is 7.35. The van der Waals surface area contributed by atoms with Crippen molar-refractivity contribution >= 4 is 35.6 Å². The van der Waals surface area contributed by atoms with Gasteiger partial charge in [0.2, 0.25) is 0 Å². The summed E-state index contributed by atoms with van der Waals surface area (Å²) >= 11 is 0. The summed E-state index contributed by atoms with van der Waals surface area (Å²) in [5.74, 6) is 1.22. The Labute approximate surface area is 181 Å². The highest BCUT2D eigenvalue weighted by Crippen LogP contribution is 2.29. The lowest BCUT2D eigenvalue weighted by Crippen LogP contribution is -2.39. The van der Waals surface area contributed by atoms with E-state index in [0.29, 0.717) is 6.54 Å². The number of likely N-dealkylation sites (tertiary alicyclic amines) is 1. The average molecular weight is 514 g/mol. The molecule has 160 valence electrons. The SMILES string of the molecule is CC1CC(C)CN(CCCCN=C(N)Nc2ccccc2OC(F)(F)F)C1.I. The predicted molar refractivity (Wildman–Crippen MR) is 117 cm³/mol. The van der Waals surface area contributed by atoms with E-state index in [9.17, 15) is 13.2 Å². The van der Waals surface area contributed by atoms with Crippen LogP contribution in [0.15, 0.2) is 29.3 Å². The highest BCUT2D eigenvalue weighted by Gasteiger charge is 2.32. The molecule has 28 heavy (non-hydrogen) atoms. The van der Waals surface area contributed by atoms with Crippen LogP contribution in [0.1, 0.15) is 33.1 Å². The first-order valence-corrected chi connectivity index (χ1v) is 9.37. The summed E-state index contributed by atoms with van der Waals surface area (Å²) in [6, 6.07) is 5.74. The molecule has 1 aliphatic heterocycles. The second kappa shape index (κ2) is 11.7. The van der Waals surface area contributed by atoms with Gasteiger partial charge in [-0.25, -0.2) is 0 Å². The van der Waals surface area contributed by atoms with Crippen LogP contribution < -0.4 is 15.8 Å². The maximum absolute atomic E-state index is 12.4. The normalized spacial score (nSPS) is 21.1. The third kappa shape index (κ3) is 9.31. The molecule has 5 nitrogen and oxygen atoms in total. The summed E-state index contributed by atoms with van der Waals surface area (Å²) in [5.41, 5.74) is 5.92. The van der Waals surface area contributed by atoms with Gasteiger partial charge in [0, 0.05) is 19.6 Å². The standard InChI is InChI=1S/C19H29F3N4O.HI/c1-14-11-15(2)13-26(12-14)10-6-5-9-24-18(23)25-16-7-3-4-8-17(16)27-19(20,21)22;/h3-4,7-8,14-15H,5-6,9-13H2,1-2H3,(H3,23,24,25);1H. The third-order valence-electron chi connectivity index (χ3n) is 4.48. The van der Waals surface area contributed by atoms with Crippen LogP contribution in [0.5, 0.6) is 5.75 Å². The maximum atomic E-state index is 12.4. The lowest BCUT2D eigenvalue weighted by atomic mass is 9.92. The fourth-order valence-corrected chi connectivity index (χ4v) is 3.58. The minimum Gasteiger partial charge on any atom is -0.404 e. The molecule has 0 saturated carbocycles. The molecular weight excluding hydrogens is 484 g/mol. The molecule has 1 aromatic rings. The van der Waals surface area contributed by atoms with Gasteiger partial charge in [-0.1, -0.05) is 26.0 Å². The second-order valence-electron chi connectivity index (χ2n) is 7.35. The Bertz CT molecular complexity index is 617. The number of piperidine rings is 1. The Morgan fingerprint density at radius 1 is 1.21 bits per heavy atom. The van der Waals surface area contributed by atoms with Gasteiger partial charge in [0.05, 0.1) is 5.69 Å². The van der Waals surface area contributed by atoms with Crippen molar-refractivity contribution in [2.75, 3.05) is 31.5 Å². The van der Waals surface area contributed by atoms with Crippen molar-refractivity contribution in [1.82, 2.24) is 4.90 Å². The number of hydrogen-bond donors (Lipinski definition) is 2. The van der Waals surface area contributed by atoms with Crippen molar-refractivity contribution < 1.29 is 17.9 Å². The first-order valence-electron chi connectivity index (χ1n) is 9.37. The van der Waals surface area contributed by atoms with Crippen molar-refractivity contribution in [3.05, 3.63) is 24.3 Å². The molecule has 1 aliphatic rings. The summed E-state index contributed by atoms with van der Waals surface area (Å²) in [4.78, 5) is 6.69. The monoisotopic (exact) mass is 514 g/mol. The Hall–Kier alpha value is -1.23. The first kappa shape index (κ1) is 24.8. The number of unbranched alkanes of at least 4 members (excludes halogenated alkanes) is 1. The van der Waals surface area contributed by atoms with Crippen molar-refractivity contribution in [2.24, 2.45) is 22.6 Å². The van der Waals surface area contributed by atoms with E-state index in [1.165, 1.54) is 24.6 Å². The van der Waals surface area contributed by atoms with E-state index < -0.39 is 6.36 Å². The number of nitrogens with zero attached hydrogens (tertiary/aromatic N) is 2. The number of hydrogen-bond acceptors (Lipinski definition) is 3. The Balaban J connectivity index is 0.00000392. The smallest absolute Gasteiger partial charge is 0.404 e. The van der Waals surface area contributed by atoms with Gasteiger partial charge in [0.15, 0.2) is 11.7 Å². The zero-order chi connectivity index (χ0) is 19.9. The number of guanidine groups is 1. The van der Waals surface area contributed by atoms with E-state index in [4.69, 9.17) is 5.73 Å². The molecule has 1 saturated heterocycles. The summed E-state index contributed by atoms with van der Waals surface area (Å²) in [6.07, 6.45) is -1.57. The molecule has 0 amide bonds. The molecule has 2 rings (SSSR count). The molecule has 0 bridgehead atoms. The van der Waals surface area contributed by atoms with E-state index in [-0.39, 0.29) is 41.4 Å². The van der Waals surface area contributed by atoms with Crippen molar-refractivity contribution in [2.45, 2.75) is 39.5 Å². The lowest BCUT2D eigenvalue weighted by Gasteiger charge is -2.34. The minimum absolute atomic E-state index is 0. The number of nitrogens with one attached hydrogen (secondary N) is 1. The van der Waals surface area contributed by atoms with Gasteiger partial charge < -0.3 is 20.7 Å². The first-order chi connectivity index (χ1) is 12.7. The fraction of sp³-hybridized carbons (Fsp3) is 0.632. The topological polar surface area (TPSA) is 62.9 Å². The largest absolute Gasteiger partial charge is 0.573 e. The van der Waals surface area contributed by atoms with Crippen LogP contribution in [-0.2, 0) is 0 Å². The molecule has 1 heterocycles. The fourth-order valence-electron chi connectivity index (χ4n) is 3.58. The molecule has 0 aromatic heterocycles. The summed E-state index contributed by atoms with van der Waals surface area (Å²) in [6.45, 7) is 8.44. The quantitative estimate of drug-likeness (QED) is 0.240. The minimum atomic E-state index is -4.76. The van der Waals surface area contributed by atoms with Crippen LogP contribution in [0.25, 0.3) is 0 Å². The van der Waals surface area contributed by atoms with E-state index >= 15 is 0 Å². The lowest BCUT2D eigenvalue weighted by molar-refractivity contribution is -0.274.